The average molecular weight is 384 g/mol. The third-order valence-corrected chi connectivity index (χ3v) is 5.06. The van der Waals surface area contributed by atoms with Gasteiger partial charge in [-0.3, -0.25) is 0 Å². The Morgan fingerprint density at radius 3 is 2.04 bits per heavy atom. The van der Waals surface area contributed by atoms with Gasteiger partial charge in [0.1, 0.15) is 0 Å². The molecular weight excluding hydrogens is 366 g/mol. The van der Waals surface area contributed by atoms with Crippen molar-refractivity contribution in [1.29, 1.82) is 0 Å². The van der Waals surface area contributed by atoms with Gasteiger partial charge in [0, 0.05) is 0 Å². The fourth-order valence-corrected chi connectivity index (χ4v) is 3.33. The van der Waals surface area contributed by atoms with Crippen LogP contribution in [0.4, 0.5) is 26.3 Å². The molecule has 0 N–H and O–H groups in total. The van der Waals surface area contributed by atoms with Gasteiger partial charge >= 0.3 is 12.4 Å². The minimum atomic E-state index is -4.86. The van der Waals surface area contributed by atoms with Gasteiger partial charge in [0.05, 0.1) is 11.1 Å². The van der Waals surface area contributed by atoms with E-state index in [-0.39, 0.29) is 11.6 Å². The van der Waals surface area contributed by atoms with Crippen molar-refractivity contribution in [1.82, 2.24) is 0 Å². The molecule has 0 bridgehead atoms. The van der Waals surface area contributed by atoms with Crippen LogP contribution >= 0.6 is 0 Å². The second kappa shape index (κ2) is 6.73. The first-order chi connectivity index (χ1) is 12.5. The highest BCUT2D eigenvalue weighted by atomic mass is 19.4. The normalized spacial score (nSPS) is 15.5. The molecule has 27 heavy (non-hydrogen) atoms. The Morgan fingerprint density at radius 1 is 0.926 bits per heavy atom. The first-order valence-corrected chi connectivity index (χ1v) is 8.63. The van der Waals surface area contributed by atoms with Crippen LogP contribution in [0.5, 0.6) is 0 Å². The van der Waals surface area contributed by atoms with Gasteiger partial charge in [-0.15, -0.1) is 0 Å². The zero-order valence-electron chi connectivity index (χ0n) is 14.8. The molecule has 2 aromatic carbocycles. The number of halogens is 6. The average Bonchev–Trinajstić information content (AvgIpc) is 3.03. The molecule has 6 heteroatoms. The second-order valence-electron chi connectivity index (χ2n) is 6.88. The highest BCUT2D eigenvalue weighted by molar-refractivity contribution is 5.81. The summed E-state index contributed by atoms with van der Waals surface area (Å²) in [7, 11) is 0. The van der Waals surface area contributed by atoms with E-state index in [0.29, 0.717) is 23.5 Å². The third kappa shape index (κ3) is 3.89. The van der Waals surface area contributed by atoms with E-state index in [4.69, 9.17) is 0 Å². The number of alkyl halides is 6. The lowest BCUT2D eigenvalue weighted by atomic mass is 9.94. The minimum absolute atomic E-state index is 0.0735. The van der Waals surface area contributed by atoms with Crippen LogP contribution in [-0.2, 0) is 18.8 Å². The molecule has 0 amide bonds. The van der Waals surface area contributed by atoms with Gasteiger partial charge in [0.2, 0.25) is 0 Å². The van der Waals surface area contributed by atoms with Gasteiger partial charge in [-0.1, -0.05) is 43.7 Å². The van der Waals surface area contributed by atoms with E-state index in [9.17, 15) is 26.3 Å². The molecule has 1 aliphatic rings. The predicted molar refractivity (Wildman–Crippen MR) is 93.0 cm³/mol. The predicted octanol–water partition coefficient (Wildman–Crippen LogP) is 7.38. The molecule has 144 valence electrons. The van der Waals surface area contributed by atoms with Gasteiger partial charge in [-0.2, -0.15) is 26.3 Å². The molecule has 1 unspecified atom stereocenters. The monoisotopic (exact) mass is 384 g/mol. The Kier molecular flexibility index (Phi) is 4.87. The van der Waals surface area contributed by atoms with Crippen LogP contribution in [0.3, 0.4) is 0 Å². The van der Waals surface area contributed by atoms with Crippen LogP contribution in [0.25, 0.3) is 17.2 Å². The largest absolute Gasteiger partial charge is 0.416 e. The topological polar surface area (TPSA) is 0 Å². The molecule has 2 aromatic rings. The van der Waals surface area contributed by atoms with Gasteiger partial charge < -0.3 is 0 Å². The van der Waals surface area contributed by atoms with E-state index in [2.05, 4.69) is 6.92 Å². The molecule has 3 rings (SSSR count). The van der Waals surface area contributed by atoms with Gasteiger partial charge in [0.15, 0.2) is 0 Å². The van der Waals surface area contributed by atoms with Crippen molar-refractivity contribution in [2.24, 2.45) is 5.92 Å². The summed E-state index contributed by atoms with van der Waals surface area (Å²) >= 11 is 0. The molecule has 0 spiro atoms. The summed E-state index contributed by atoms with van der Waals surface area (Å²) in [5.74, 6) is 0.303. The number of hydrogen-bond donors (Lipinski definition) is 0. The molecule has 0 saturated carbocycles. The second-order valence-corrected chi connectivity index (χ2v) is 6.88. The van der Waals surface area contributed by atoms with E-state index < -0.39 is 23.5 Å². The van der Waals surface area contributed by atoms with Crippen LogP contribution in [0, 0.1) is 5.92 Å². The van der Waals surface area contributed by atoms with Crippen molar-refractivity contribution in [2.75, 3.05) is 0 Å². The molecule has 1 aliphatic carbocycles. The van der Waals surface area contributed by atoms with Gasteiger partial charge in [-0.05, 0) is 59.2 Å². The molecule has 0 saturated heterocycles. The highest BCUT2D eigenvalue weighted by Gasteiger charge is 2.37. The van der Waals surface area contributed by atoms with E-state index >= 15 is 0 Å². The standard InChI is InChI=1S/C21H18F6/c1-3-12(2)14-7-13-5-4-6-18(19(13)10-14)15-8-16(20(22,23)24)11-17(9-15)21(25,26)27/h4-6,8-12H,3,7H2,1-2H3. The zero-order valence-corrected chi connectivity index (χ0v) is 14.8. The summed E-state index contributed by atoms with van der Waals surface area (Å²) < 4.78 is 79.0. The Hall–Kier alpha value is -2.24. The van der Waals surface area contributed by atoms with Crippen molar-refractivity contribution >= 4 is 6.08 Å². The van der Waals surface area contributed by atoms with Gasteiger partial charge in [-0.25, -0.2) is 0 Å². The maximum Gasteiger partial charge on any atom is 0.416 e. The zero-order chi connectivity index (χ0) is 20.0. The first-order valence-electron chi connectivity index (χ1n) is 8.63. The van der Waals surface area contributed by atoms with E-state index in [1.54, 1.807) is 12.1 Å². The number of allylic oxidation sites excluding steroid dienone is 1. The summed E-state index contributed by atoms with van der Waals surface area (Å²) in [6.45, 7) is 4.10. The van der Waals surface area contributed by atoms with E-state index in [0.717, 1.165) is 29.7 Å². The molecule has 0 radical (unpaired) electrons. The summed E-state index contributed by atoms with van der Waals surface area (Å²) in [6.07, 6.45) is -6.22. The molecule has 0 heterocycles. The molecule has 0 nitrogen and oxygen atoms in total. The maximum absolute atomic E-state index is 13.2. The summed E-state index contributed by atoms with van der Waals surface area (Å²) in [4.78, 5) is 0. The fraction of sp³-hybridized carbons (Fsp3) is 0.333. The van der Waals surface area contributed by atoms with Crippen molar-refractivity contribution in [2.45, 2.75) is 39.0 Å². The van der Waals surface area contributed by atoms with Crippen molar-refractivity contribution in [3.8, 4) is 11.1 Å². The van der Waals surface area contributed by atoms with E-state index in [1.807, 2.05) is 19.1 Å². The maximum atomic E-state index is 13.2. The minimum Gasteiger partial charge on any atom is -0.166 e. The Morgan fingerprint density at radius 2 is 1.52 bits per heavy atom. The molecule has 0 aromatic heterocycles. The van der Waals surface area contributed by atoms with Crippen LogP contribution in [-0.4, -0.2) is 0 Å². The summed E-state index contributed by atoms with van der Waals surface area (Å²) in [5, 5.41) is 0. The van der Waals surface area contributed by atoms with Crippen LogP contribution < -0.4 is 0 Å². The number of fused-ring (bicyclic) bond motifs is 1. The molecular formula is C21H18F6. The number of benzene rings is 2. The fourth-order valence-electron chi connectivity index (χ4n) is 3.33. The SMILES string of the molecule is CCC(C)C1=Cc2c(cccc2-c2cc(C(F)(F)F)cc(C(F)(F)F)c2)C1. The van der Waals surface area contributed by atoms with Crippen molar-refractivity contribution in [3.05, 3.63) is 64.2 Å². The Labute approximate surface area is 153 Å². The molecule has 0 aliphatic heterocycles. The molecule has 0 fully saturated rings. The Bertz CT molecular complexity index is 854. The quantitative estimate of drug-likeness (QED) is 0.485. The lowest BCUT2D eigenvalue weighted by Crippen LogP contribution is -2.11. The Balaban J connectivity index is 2.19. The van der Waals surface area contributed by atoms with Crippen LogP contribution in [0.15, 0.2) is 42.0 Å². The van der Waals surface area contributed by atoms with Crippen LogP contribution in [0.2, 0.25) is 0 Å². The third-order valence-electron chi connectivity index (χ3n) is 5.06. The lowest BCUT2D eigenvalue weighted by molar-refractivity contribution is -0.143. The highest BCUT2D eigenvalue weighted by Crippen LogP contribution is 2.42. The smallest absolute Gasteiger partial charge is 0.166 e. The summed E-state index contributed by atoms with van der Waals surface area (Å²) in [6, 6.07) is 6.86. The summed E-state index contributed by atoms with van der Waals surface area (Å²) in [5.41, 5.74) is 0.498. The molecule has 1 atom stereocenters. The van der Waals surface area contributed by atoms with Crippen molar-refractivity contribution < 1.29 is 26.3 Å². The number of rotatable bonds is 3. The van der Waals surface area contributed by atoms with Crippen LogP contribution in [0.1, 0.15) is 42.5 Å². The number of hydrogen-bond acceptors (Lipinski definition) is 0. The lowest BCUT2D eigenvalue weighted by Gasteiger charge is -2.15. The van der Waals surface area contributed by atoms with E-state index in [1.165, 1.54) is 0 Å². The van der Waals surface area contributed by atoms with Gasteiger partial charge in [0.25, 0.3) is 0 Å². The van der Waals surface area contributed by atoms with Crippen molar-refractivity contribution in [3.63, 3.8) is 0 Å². The first kappa shape index (κ1) is 19.5.